The molecule has 2 aromatic carbocycles. The van der Waals surface area contributed by atoms with Crippen molar-refractivity contribution in [2.75, 3.05) is 5.32 Å². The van der Waals surface area contributed by atoms with Crippen molar-refractivity contribution >= 4 is 11.7 Å². The van der Waals surface area contributed by atoms with Gasteiger partial charge in [-0.25, -0.2) is 13.9 Å². The summed E-state index contributed by atoms with van der Waals surface area (Å²) in [5, 5.41) is 8.82. The first-order valence-electron chi connectivity index (χ1n) is 9.38. The Balaban J connectivity index is 1.50. The number of urea groups is 1. The summed E-state index contributed by atoms with van der Waals surface area (Å²) in [6.07, 6.45) is -1.58. The van der Waals surface area contributed by atoms with Gasteiger partial charge in [-0.1, -0.05) is 6.07 Å². The fourth-order valence-electron chi connectivity index (χ4n) is 3.49. The van der Waals surface area contributed by atoms with Crippen LogP contribution in [0.2, 0.25) is 0 Å². The maximum absolute atomic E-state index is 13.2. The number of benzene rings is 2. The minimum absolute atomic E-state index is 0.109. The largest absolute Gasteiger partial charge is 0.435 e. The smallest absolute Gasteiger partial charge is 0.332 e. The minimum Gasteiger partial charge on any atom is -0.332 e. The number of nitrogens with zero attached hydrogens (tertiary/aromatic N) is 2. The Morgan fingerprint density at radius 1 is 1.03 bits per heavy atom. The predicted octanol–water partition coefficient (Wildman–Crippen LogP) is 4.84. The molecule has 2 N–H and O–H groups in total. The fraction of sp³-hybridized carbons (Fsp3) is 0.238. The van der Waals surface area contributed by atoms with E-state index < -0.39 is 23.7 Å². The van der Waals surface area contributed by atoms with Gasteiger partial charge in [-0.15, -0.1) is 0 Å². The number of aromatic nitrogens is 2. The number of rotatable bonds is 4. The molecule has 5 nitrogen and oxygen atoms in total. The number of carbonyl (C=O) groups excluding carboxylic acids is 1. The van der Waals surface area contributed by atoms with Gasteiger partial charge in [-0.2, -0.15) is 18.3 Å². The summed E-state index contributed by atoms with van der Waals surface area (Å²) in [5.74, 6) is -0.518. The molecule has 0 aliphatic heterocycles. The van der Waals surface area contributed by atoms with Crippen molar-refractivity contribution in [2.45, 2.75) is 32.0 Å². The summed E-state index contributed by atoms with van der Waals surface area (Å²) < 4.78 is 53.6. The molecule has 1 aliphatic carbocycles. The standard InChI is InChI=1S/C21H18F4N4O/c22-15-5-8-17(9-6-15)29-18(11-19(28-29)21(23,24)25)12-26-20(30)27-16-7-4-13-2-1-3-14(13)10-16/h4-11H,1-3,12H2,(H2,26,27,30). The van der Waals surface area contributed by atoms with E-state index in [4.69, 9.17) is 0 Å². The lowest BCUT2D eigenvalue weighted by atomic mass is 10.1. The molecule has 0 unspecified atom stereocenters. The van der Waals surface area contributed by atoms with Gasteiger partial charge in [0, 0.05) is 5.69 Å². The maximum atomic E-state index is 13.2. The van der Waals surface area contributed by atoms with Crippen molar-refractivity contribution in [3.8, 4) is 5.69 Å². The van der Waals surface area contributed by atoms with E-state index in [-0.39, 0.29) is 17.9 Å². The normalized spacial score (nSPS) is 13.2. The highest BCUT2D eigenvalue weighted by atomic mass is 19.4. The second-order valence-corrected chi connectivity index (χ2v) is 7.05. The van der Waals surface area contributed by atoms with Gasteiger partial charge in [0.1, 0.15) is 5.82 Å². The number of aryl methyl sites for hydroxylation is 2. The van der Waals surface area contributed by atoms with Gasteiger partial charge >= 0.3 is 12.2 Å². The predicted molar refractivity (Wildman–Crippen MR) is 103 cm³/mol. The molecule has 2 amide bonds. The molecule has 0 saturated carbocycles. The first-order valence-corrected chi connectivity index (χ1v) is 9.38. The van der Waals surface area contributed by atoms with Gasteiger partial charge in [-0.3, -0.25) is 0 Å². The van der Waals surface area contributed by atoms with Gasteiger partial charge in [0.2, 0.25) is 0 Å². The SMILES string of the molecule is O=C(NCc1cc(C(F)(F)F)nn1-c1ccc(F)cc1)Nc1ccc2c(c1)CCC2. The van der Waals surface area contributed by atoms with Crippen molar-refractivity contribution in [3.05, 3.63) is 76.9 Å². The highest BCUT2D eigenvalue weighted by Crippen LogP contribution is 2.30. The first-order chi connectivity index (χ1) is 14.3. The second kappa shape index (κ2) is 7.81. The van der Waals surface area contributed by atoms with Crippen LogP contribution in [0.3, 0.4) is 0 Å². The lowest BCUT2D eigenvalue weighted by Crippen LogP contribution is -2.29. The Kier molecular flexibility index (Phi) is 5.19. The van der Waals surface area contributed by atoms with Crippen LogP contribution in [-0.2, 0) is 25.6 Å². The Morgan fingerprint density at radius 2 is 1.77 bits per heavy atom. The topological polar surface area (TPSA) is 59.0 Å². The fourth-order valence-corrected chi connectivity index (χ4v) is 3.49. The molecule has 0 saturated heterocycles. The van der Waals surface area contributed by atoms with E-state index in [0.29, 0.717) is 5.69 Å². The van der Waals surface area contributed by atoms with Crippen molar-refractivity contribution in [3.63, 3.8) is 0 Å². The summed E-state index contributed by atoms with van der Waals surface area (Å²) in [7, 11) is 0. The highest BCUT2D eigenvalue weighted by Gasteiger charge is 2.35. The average Bonchev–Trinajstić information content (AvgIpc) is 3.33. The van der Waals surface area contributed by atoms with E-state index >= 15 is 0 Å². The first kappa shape index (κ1) is 19.9. The van der Waals surface area contributed by atoms with E-state index in [1.807, 2.05) is 12.1 Å². The number of hydrogen-bond acceptors (Lipinski definition) is 2. The molecular formula is C21H18F4N4O. The zero-order valence-corrected chi connectivity index (χ0v) is 15.8. The molecule has 0 atom stereocenters. The van der Waals surface area contributed by atoms with Gasteiger partial charge < -0.3 is 10.6 Å². The van der Waals surface area contributed by atoms with Crippen LogP contribution in [0.25, 0.3) is 5.69 Å². The number of hydrogen-bond donors (Lipinski definition) is 2. The van der Waals surface area contributed by atoms with Gasteiger partial charge in [0.15, 0.2) is 5.69 Å². The summed E-state index contributed by atoms with van der Waals surface area (Å²) in [6.45, 7) is -0.197. The molecule has 0 spiro atoms. The van der Waals surface area contributed by atoms with Crippen LogP contribution in [0.5, 0.6) is 0 Å². The zero-order chi connectivity index (χ0) is 21.3. The third-order valence-electron chi connectivity index (χ3n) is 4.93. The van der Waals surface area contributed by atoms with Crippen LogP contribution in [0, 0.1) is 5.82 Å². The van der Waals surface area contributed by atoms with Crippen molar-refractivity contribution in [2.24, 2.45) is 0 Å². The number of anilines is 1. The van der Waals surface area contributed by atoms with E-state index in [0.717, 1.165) is 42.1 Å². The Bertz CT molecular complexity index is 1070. The molecule has 156 valence electrons. The molecule has 9 heteroatoms. The van der Waals surface area contributed by atoms with Crippen LogP contribution < -0.4 is 10.6 Å². The number of carbonyl (C=O) groups is 1. The van der Waals surface area contributed by atoms with Crippen LogP contribution in [0.15, 0.2) is 48.5 Å². The molecule has 1 aliphatic rings. The number of alkyl halides is 3. The average molecular weight is 418 g/mol. The van der Waals surface area contributed by atoms with Crippen molar-refractivity contribution in [1.82, 2.24) is 15.1 Å². The van der Waals surface area contributed by atoms with E-state index in [2.05, 4.69) is 15.7 Å². The molecule has 0 fully saturated rings. The monoisotopic (exact) mass is 418 g/mol. The van der Waals surface area contributed by atoms with Gasteiger partial charge in [-0.05, 0) is 72.9 Å². The number of fused-ring (bicyclic) bond motifs is 1. The summed E-state index contributed by atoms with van der Waals surface area (Å²) >= 11 is 0. The van der Waals surface area contributed by atoms with Crippen molar-refractivity contribution < 1.29 is 22.4 Å². The van der Waals surface area contributed by atoms with E-state index in [9.17, 15) is 22.4 Å². The Morgan fingerprint density at radius 3 is 2.50 bits per heavy atom. The molecule has 1 heterocycles. The molecule has 3 aromatic rings. The summed E-state index contributed by atoms with van der Waals surface area (Å²) in [4.78, 5) is 12.3. The molecule has 1 aromatic heterocycles. The summed E-state index contributed by atoms with van der Waals surface area (Å²) in [5.41, 5.74) is 2.35. The zero-order valence-electron chi connectivity index (χ0n) is 15.8. The van der Waals surface area contributed by atoms with E-state index in [1.54, 1.807) is 6.07 Å². The van der Waals surface area contributed by atoms with Crippen LogP contribution in [0.1, 0.15) is 28.9 Å². The van der Waals surface area contributed by atoms with Crippen LogP contribution in [-0.4, -0.2) is 15.8 Å². The van der Waals surface area contributed by atoms with Gasteiger partial charge in [0.05, 0.1) is 17.9 Å². The van der Waals surface area contributed by atoms with Crippen LogP contribution in [0.4, 0.5) is 28.0 Å². The molecule has 0 bridgehead atoms. The second-order valence-electron chi connectivity index (χ2n) is 7.05. The highest BCUT2D eigenvalue weighted by molar-refractivity contribution is 5.89. The summed E-state index contributed by atoms with van der Waals surface area (Å²) in [6, 6.07) is 10.9. The van der Waals surface area contributed by atoms with Crippen molar-refractivity contribution in [1.29, 1.82) is 0 Å². The number of halogens is 4. The lowest BCUT2D eigenvalue weighted by molar-refractivity contribution is -0.141. The maximum Gasteiger partial charge on any atom is 0.435 e. The molecular weight excluding hydrogens is 400 g/mol. The number of amides is 2. The van der Waals surface area contributed by atoms with Crippen LogP contribution >= 0.6 is 0 Å². The Hall–Kier alpha value is -3.36. The Labute approximate surface area is 169 Å². The minimum atomic E-state index is -4.65. The quantitative estimate of drug-likeness (QED) is 0.596. The molecule has 4 rings (SSSR count). The lowest BCUT2D eigenvalue weighted by Gasteiger charge is -2.11. The molecule has 30 heavy (non-hydrogen) atoms. The van der Waals surface area contributed by atoms with Gasteiger partial charge in [0.25, 0.3) is 0 Å². The number of nitrogens with one attached hydrogen (secondary N) is 2. The molecule has 0 radical (unpaired) electrons. The third-order valence-corrected chi connectivity index (χ3v) is 4.93. The van der Waals surface area contributed by atoms with E-state index in [1.165, 1.54) is 23.3 Å². The third kappa shape index (κ3) is 4.29.